The Morgan fingerprint density at radius 3 is 2.73 bits per heavy atom. The van der Waals surface area contributed by atoms with Crippen molar-refractivity contribution in [2.75, 3.05) is 7.11 Å². The summed E-state index contributed by atoms with van der Waals surface area (Å²) in [6.45, 7) is 0. The molecule has 1 heterocycles. The number of nitrogens with one attached hydrogen (secondary N) is 1. The van der Waals surface area contributed by atoms with Gasteiger partial charge in [-0.2, -0.15) is 0 Å². The van der Waals surface area contributed by atoms with E-state index in [1.165, 1.54) is 24.0 Å². The first kappa shape index (κ1) is 17.5. The van der Waals surface area contributed by atoms with Crippen molar-refractivity contribution in [1.29, 1.82) is 0 Å². The highest BCUT2D eigenvalue weighted by Crippen LogP contribution is 2.39. The number of pyridine rings is 1. The molecule has 4 nitrogen and oxygen atoms in total. The van der Waals surface area contributed by atoms with Crippen LogP contribution in [0.3, 0.4) is 0 Å². The molecule has 0 bridgehead atoms. The molecule has 0 unspecified atom stereocenters. The zero-order chi connectivity index (χ0) is 18.0. The van der Waals surface area contributed by atoms with Gasteiger partial charge in [0, 0.05) is 30.0 Å². The van der Waals surface area contributed by atoms with Crippen LogP contribution in [0.1, 0.15) is 61.3 Å². The number of rotatable bonds is 4. The summed E-state index contributed by atoms with van der Waals surface area (Å²) in [4.78, 5) is 4.17. The first-order valence-corrected chi connectivity index (χ1v) is 9.74. The highest BCUT2D eigenvalue weighted by Gasteiger charge is 2.36. The van der Waals surface area contributed by atoms with Crippen LogP contribution in [0.15, 0.2) is 42.7 Å². The number of hydrogen-bond donors (Lipinski definition) is 2. The highest BCUT2D eigenvalue weighted by atomic mass is 16.5. The van der Waals surface area contributed by atoms with Crippen molar-refractivity contribution in [3.8, 4) is 5.75 Å². The molecule has 2 N–H and O–H groups in total. The first-order valence-electron chi connectivity index (χ1n) is 9.74. The molecule has 138 valence electrons. The van der Waals surface area contributed by atoms with Crippen LogP contribution in [0.25, 0.3) is 0 Å². The molecular weight excluding hydrogens is 324 g/mol. The van der Waals surface area contributed by atoms with Crippen molar-refractivity contribution in [3.05, 3.63) is 59.4 Å². The summed E-state index contributed by atoms with van der Waals surface area (Å²) in [5.41, 5.74) is 2.98. The standard InChI is InChI=1S/C22H28N2O2/c1-26-21-9-3-6-18-19(21)7-2-8-20(18)24-17-10-12-22(25,13-11-17)16-5-4-14-23-15-16/h3-6,9,14-15,17,20,24-25H,2,7-8,10-13H2,1H3/t17?,20-,22?/m0/s1. The Labute approximate surface area is 155 Å². The van der Waals surface area contributed by atoms with E-state index in [9.17, 15) is 5.11 Å². The van der Waals surface area contributed by atoms with Crippen LogP contribution in [0.5, 0.6) is 5.75 Å². The molecule has 1 fully saturated rings. The van der Waals surface area contributed by atoms with E-state index in [4.69, 9.17) is 4.74 Å². The number of hydrogen-bond acceptors (Lipinski definition) is 4. The van der Waals surface area contributed by atoms with E-state index in [1.54, 1.807) is 19.5 Å². The number of benzene rings is 1. The van der Waals surface area contributed by atoms with Gasteiger partial charge in [0.25, 0.3) is 0 Å². The SMILES string of the molecule is COc1cccc2c1CCC[C@@H]2NC1CCC(O)(c2cccnc2)CC1. The summed E-state index contributed by atoms with van der Waals surface area (Å²) in [6, 6.07) is 11.1. The average Bonchev–Trinajstić information content (AvgIpc) is 2.70. The van der Waals surface area contributed by atoms with E-state index in [2.05, 4.69) is 28.5 Å². The minimum absolute atomic E-state index is 0.392. The monoisotopic (exact) mass is 352 g/mol. The number of methoxy groups -OCH3 is 1. The molecular formula is C22H28N2O2. The quantitative estimate of drug-likeness (QED) is 0.877. The molecule has 2 aliphatic carbocycles. The fourth-order valence-electron chi connectivity index (χ4n) is 4.65. The van der Waals surface area contributed by atoms with Gasteiger partial charge in [-0.05, 0) is 68.2 Å². The molecule has 0 saturated heterocycles. The number of aliphatic hydroxyl groups is 1. The fraction of sp³-hybridized carbons (Fsp3) is 0.500. The second-order valence-corrected chi connectivity index (χ2v) is 7.69. The third-order valence-electron chi connectivity index (χ3n) is 6.13. The lowest BCUT2D eigenvalue weighted by atomic mass is 9.77. The van der Waals surface area contributed by atoms with Crippen molar-refractivity contribution < 1.29 is 9.84 Å². The van der Waals surface area contributed by atoms with E-state index < -0.39 is 5.60 Å². The Morgan fingerprint density at radius 2 is 2.00 bits per heavy atom. The Bertz CT molecular complexity index is 739. The van der Waals surface area contributed by atoms with Gasteiger partial charge in [-0.25, -0.2) is 0 Å². The van der Waals surface area contributed by atoms with E-state index in [0.29, 0.717) is 12.1 Å². The van der Waals surface area contributed by atoms with E-state index in [0.717, 1.165) is 43.4 Å². The molecule has 0 radical (unpaired) electrons. The minimum atomic E-state index is -0.722. The minimum Gasteiger partial charge on any atom is -0.496 e. The summed E-state index contributed by atoms with van der Waals surface area (Å²) in [6.07, 6.45) is 10.6. The molecule has 1 aromatic heterocycles. The Hall–Kier alpha value is -1.91. The van der Waals surface area contributed by atoms with Gasteiger partial charge in [-0.3, -0.25) is 4.98 Å². The molecule has 1 saturated carbocycles. The van der Waals surface area contributed by atoms with Gasteiger partial charge in [0.1, 0.15) is 5.75 Å². The number of ether oxygens (including phenoxy) is 1. The normalized spacial score (nSPS) is 28.4. The molecule has 0 spiro atoms. The zero-order valence-corrected chi connectivity index (χ0v) is 15.4. The average molecular weight is 352 g/mol. The number of nitrogens with zero attached hydrogens (tertiary/aromatic N) is 1. The van der Waals surface area contributed by atoms with Gasteiger partial charge in [0.15, 0.2) is 0 Å². The van der Waals surface area contributed by atoms with E-state index >= 15 is 0 Å². The summed E-state index contributed by atoms with van der Waals surface area (Å²) in [5.74, 6) is 1.02. The molecule has 1 aromatic carbocycles. The van der Waals surface area contributed by atoms with Crippen LogP contribution < -0.4 is 10.1 Å². The predicted octanol–water partition coefficient (Wildman–Crippen LogP) is 3.89. The van der Waals surface area contributed by atoms with Crippen molar-refractivity contribution in [3.63, 3.8) is 0 Å². The maximum Gasteiger partial charge on any atom is 0.122 e. The maximum absolute atomic E-state index is 11.0. The summed E-state index contributed by atoms with van der Waals surface area (Å²) in [7, 11) is 1.76. The molecule has 2 aliphatic rings. The van der Waals surface area contributed by atoms with Crippen molar-refractivity contribution in [1.82, 2.24) is 10.3 Å². The second kappa shape index (κ2) is 7.37. The van der Waals surface area contributed by atoms with Crippen molar-refractivity contribution >= 4 is 0 Å². The third-order valence-corrected chi connectivity index (χ3v) is 6.13. The van der Waals surface area contributed by atoms with Crippen LogP contribution >= 0.6 is 0 Å². The topological polar surface area (TPSA) is 54.4 Å². The highest BCUT2D eigenvalue weighted by molar-refractivity contribution is 5.43. The third kappa shape index (κ3) is 3.36. The van der Waals surface area contributed by atoms with Crippen LogP contribution in [-0.2, 0) is 12.0 Å². The van der Waals surface area contributed by atoms with Gasteiger partial charge in [-0.15, -0.1) is 0 Å². The molecule has 26 heavy (non-hydrogen) atoms. The molecule has 0 amide bonds. The van der Waals surface area contributed by atoms with Crippen LogP contribution in [0.4, 0.5) is 0 Å². The lowest BCUT2D eigenvalue weighted by Gasteiger charge is -2.39. The van der Waals surface area contributed by atoms with E-state index in [-0.39, 0.29) is 0 Å². The van der Waals surface area contributed by atoms with Gasteiger partial charge < -0.3 is 15.2 Å². The molecule has 2 aromatic rings. The van der Waals surface area contributed by atoms with Crippen molar-refractivity contribution in [2.45, 2.75) is 62.6 Å². The lowest BCUT2D eigenvalue weighted by Crippen LogP contribution is -2.42. The van der Waals surface area contributed by atoms with Gasteiger partial charge in [-0.1, -0.05) is 18.2 Å². The van der Waals surface area contributed by atoms with E-state index in [1.807, 2.05) is 12.1 Å². The van der Waals surface area contributed by atoms with Gasteiger partial charge in [0.2, 0.25) is 0 Å². The summed E-state index contributed by atoms with van der Waals surface area (Å²) in [5, 5.41) is 14.9. The summed E-state index contributed by atoms with van der Waals surface area (Å²) >= 11 is 0. The predicted molar refractivity (Wildman–Crippen MR) is 102 cm³/mol. The zero-order valence-electron chi connectivity index (χ0n) is 15.4. The number of fused-ring (bicyclic) bond motifs is 1. The fourth-order valence-corrected chi connectivity index (χ4v) is 4.65. The lowest BCUT2D eigenvalue weighted by molar-refractivity contribution is -0.00988. The van der Waals surface area contributed by atoms with Crippen LogP contribution in [0.2, 0.25) is 0 Å². The Balaban J connectivity index is 1.43. The Morgan fingerprint density at radius 1 is 1.15 bits per heavy atom. The molecule has 4 heteroatoms. The second-order valence-electron chi connectivity index (χ2n) is 7.69. The molecule has 0 aliphatic heterocycles. The van der Waals surface area contributed by atoms with Crippen molar-refractivity contribution in [2.24, 2.45) is 0 Å². The Kier molecular flexibility index (Phi) is 4.96. The van der Waals surface area contributed by atoms with Crippen LogP contribution in [-0.4, -0.2) is 23.2 Å². The van der Waals surface area contributed by atoms with Gasteiger partial charge in [0.05, 0.1) is 12.7 Å². The first-order chi connectivity index (χ1) is 12.7. The molecule has 4 rings (SSSR count). The smallest absolute Gasteiger partial charge is 0.122 e. The van der Waals surface area contributed by atoms with Crippen LogP contribution in [0, 0.1) is 0 Å². The largest absolute Gasteiger partial charge is 0.496 e. The maximum atomic E-state index is 11.0. The molecule has 1 atom stereocenters. The summed E-state index contributed by atoms with van der Waals surface area (Å²) < 4.78 is 5.56. The number of aromatic nitrogens is 1. The van der Waals surface area contributed by atoms with Gasteiger partial charge >= 0.3 is 0 Å².